The van der Waals surface area contributed by atoms with Crippen molar-refractivity contribution in [1.82, 2.24) is 0 Å². The van der Waals surface area contributed by atoms with E-state index in [1.54, 1.807) is 0 Å². The summed E-state index contributed by atoms with van der Waals surface area (Å²) in [5, 5.41) is 0. The van der Waals surface area contributed by atoms with Crippen LogP contribution in [0.25, 0.3) is 0 Å². The molecular weight excluding hydrogens is 183 g/mol. The SMILES string of the molecule is CCOCCOP(=O)(OC)OC. The fraction of sp³-hybridized carbons (Fsp3) is 1.00. The lowest BCUT2D eigenvalue weighted by molar-refractivity contribution is 0.0830. The van der Waals surface area contributed by atoms with Crippen molar-refractivity contribution in [3.63, 3.8) is 0 Å². The molecule has 0 N–H and O–H groups in total. The highest BCUT2D eigenvalue weighted by Gasteiger charge is 2.21. The van der Waals surface area contributed by atoms with Crippen LogP contribution in [-0.2, 0) is 22.9 Å². The van der Waals surface area contributed by atoms with E-state index >= 15 is 0 Å². The molecule has 0 radical (unpaired) electrons. The standard InChI is InChI=1S/C6H15O5P/c1-4-10-5-6-11-12(7,8-2)9-3/h4-6H2,1-3H3. The summed E-state index contributed by atoms with van der Waals surface area (Å²) in [7, 11) is -0.764. The normalized spacial score (nSPS) is 11.9. The van der Waals surface area contributed by atoms with Crippen molar-refractivity contribution in [3.05, 3.63) is 0 Å². The summed E-state index contributed by atoms with van der Waals surface area (Å²) in [6, 6.07) is 0. The molecule has 12 heavy (non-hydrogen) atoms. The predicted octanol–water partition coefficient (Wildman–Crippen LogP) is 1.44. The summed E-state index contributed by atoms with van der Waals surface area (Å²) in [6.45, 7) is 3.06. The second kappa shape index (κ2) is 6.57. The van der Waals surface area contributed by atoms with Gasteiger partial charge in [0.25, 0.3) is 0 Å². The highest BCUT2D eigenvalue weighted by Crippen LogP contribution is 2.47. The summed E-state index contributed by atoms with van der Waals surface area (Å²) in [6.07, 6.45) is 0. The van der Waals surface area contributed by atoms with E-state index < -0.39 is 7.82 Å². The van der Waals surface area contributed by atoms with Crippen LogP contribution in [0.4, 0.5) is 0 Å². The predicted molar refractivity (Wildman–Crippen MR) is 44.1 cm³/mol. The fourth-order valence-corrected chi connectivity index (χ4v) is 1.19. The molecule has 0 aliphatic rings. The third-order valence-electron chi connectivity index (χ3n) is 1.13. The van der Waals surface area contributed by atoms with E-state index in [1.165, 1.54) is 14.2 Å². The van der Waals surface area contributed by atoms with Crippen LogP contribution in [0.2, 0.25) is 0 Å². The van der Waals surface area contributed by atoms with Crippen LogP contribution in [0.3, 0.4) is 0 Å². The third kappa shape index (κ3) is 4.85. The summed E-state index contributed by atoms with van der Waals surface area (Å²) < 4.78 is 30.0. The molecule has 74 valence electrons. The topological polar surface area (TPSA) is 54.0 Å². The van der Waals surface area contributed by atoms with Gasteiger partial charge >= 0.3 is 7.82 Å². The molecule has 0 aliphatic heterocycles. The summed E-state index contributed by atoms with van der Waals surface area (Å²) >= 11 is 0. The van der Waals surface area contributed by atoms with Crippen molar-refractivity contribution in [3.8, 4) is 0 Å². The molecule has 0 spiro atoms. The van der Waals surface area contributed by atoms with Gasteiger partial charge in [-0.3, -0.25) is 13.6 Å². The van der Waals surface area contributed by atoms with Crippen LogP contribution >= 0.6 is 7.82 Å². The number of phosphoric ester groups is 1. The first-order valence-corrected chi connectivity index (χ1v) is 5.08. The van der Waals surface area contributed by atoms with Crippen LogP contribution in [0.1, 0.15) is 6.92 Å². The first-order chi connectivity index (χ1) is 5.68. The molecule has 0 aliphatic carbocycles. The zero-order chi connectivity index (χ0) is 9.45. The van der Waals surface area contributed by atoms with E-state index in [0.29, 0.717) is 13.2 Å². The van der Waals surface area contributed by atoms with E-state index in [9.17, 15) is 4.57 Å². The maximum Gasteiger partial charge on any atom is 0.474 e. The number of phosphoric acid groups is 1. The Hall–Kier alpha value is 0.0700. The van der Waals surface area contributed by atoms with Crippen LogP contribution in [-0.4, -0.2) is 34.0 Å². The molecule has 6 heteroatoms. The maximum absolute atomic E-state index is 11.2. The van der Waals surface area contributed by atoms with Gasteiger partial charge in [-0.15, -0.1) is 0 Å². The van der Waals surface area contributed by atoms with Crippen molar-refractivity contribution >= 4 is 7.82 Å². The van der Waals surface area contributed by atoms with E-state index in [-0.39, 0.29) is 6.61 Å². The molecule has 0 aromatic carbocycles. The van der Waals surface area contributed by atoms with E-state index in [4.69, 9.17) is 9.26 Å². The Balaban J connectivity index is 3.52. The summed E-state index contributed by atoms with van der Waals surface area (Å²) in [4.78, 5) is 0. The maximum atomic E-state index is 11.2. The Morgan fingerprint density at radius 1 is 1.17 bits per heavy atom. The Labute approximate surface area is 72.6 Å². The molecule has 0 aromatic rings. The molecule has 0 rings (SSSR count). The lowest BCUT2D eigenvalue weighted by Gasteiger charge is -2.12. The van der Waals surface area contributed by atoms with Gasteiger partial charge in [0.2, 0.25) is 0 Å². The van der Waals surface area contributed by atoms with Crippen molar-refractivity contribution in [2.45, 2.75) is 6.92 Å². The minimum Gasteiger partial charge on any atom is -0.379 e. The largest absolute Gasteiger partial charge is 0.474 e. The molecule has 0 unspecified atom stereocenters. The van der Waals surface area contributed by atoms with Gasteiger partial charge in [-0.1, -0.05) is 0 Å². The van der Waals surface area contributed by atoms with E-state index in [2.05, 4.69) is 9.05 Å². The zero-order valence-electron chi connectivity index (χ0n) is 7.61. The lowest BCUT2D eigenvalue weighted by Crippen LogP contribution is -2.04. The average molecular weight is 198 g/mol. The fourth-order valence-electron chi connectivity index (χ4n) is 0.532. The minimum atomic E-state index is -3.30. The second-order valence-electron chi connectivity index (χ2n) is 1.84. The van der Waals surface area contributed by atoms with Crippen LogP contribution < -0.4 is 0 Å². The minimum absolute atomic E-state index is 0.201. The molecule has 0 fully saturated rings. The van der Waals surface area contributed by atoms with Crippen LogP contribution in [0.15, 0.2) is 0 Å². The van der Waals surface area contributed by atoms with Gasteiger partial charge in [-0.05, 0) is 6.92 Å². The Kier molecular flexibility index (Phi) is 6.61. The quantitative estimate of drug-likeness (QED) is 0.457. The molecule has 5 nitrogen and oxygen atoms in total. The lowest BCUT2D eigenvalue weighted by atomic mass is 10.8. The first-order valence-electron chi connectivity index (χ1n) is 3.62. The van der Waals surface area contributed by atoms with Crippen LogP contribution in [0, 0.1) is 0 Å². The van der Waals surface area contributed by atoms with Gasteiger partial charge in [-0.2, -0.15) is 0 Å². The monoisotopic (exact) mass is 198 g/mol. The highest BCUT2D eigenvalue weighted by molar-refractivity contribution is 7.48. The van der Waals surface area contributed by atoms with Gasteiger partial charge in [0.05, 0.1) is 13.2 Å². The van der Waals surface area contributed by atoms with E-state index in [1.807, 2.05) is 6.92 Å². The first kappa shape index (κ1) is 12.1. The Morgan fingerprint density at radius 2 is 1.75 bits per heavy atom. The smallest absolute Gasteiger partial charge is 0.379 e. The number of hydrogen-bond acceptors (Lipinski definition) is 5. The number of hydrogen-bond donors (Lipinski definition) is 0. The summed E-state index contributed by atoms with van der Waals surface area (Å²) in [5.41, 5.74) is 0. The third-order valence-corrected chi connectivity index (χ3v) is 2.52. The zero-order valence-corrected chi connectivity index (χ0v) is 8.50. The highest BCUT2D eigenvalue weighted by atomic mass is 31.2. The van der Waals surface area contributed by atoms with Crippen molar-refractivity contribution in [2.24, 2.45) is 0 Å². The van der Waals surface area contributed by atoms with Gasteiger partial charge in [-0.25, -0.2) is 4.57 Å². The molecule has 0 saturated carbocycles. The summed E-state index contributed by atoms with van der Waals surface area (Å²) in [5.74, 6) is 0. The van der Waals surface area contributed by atoms with Gasteiger partial charge in [0, 0.05) is 20.8 Å². The molecule has 0 heterocycles. The van der Waals surface area contributed by atoms with Crippen LogP contribution in [0.5, 0.6) is 0 Å². The molecule has 0 aromatic heterocycles. The van der Waals surface area contributed by atoms with Crippen molar-refractivity contribution in [1.29, 1.82) is 0 Å². The Bertz CT molecular complexity index is 141. The van der Waals surface area contributed by atoms with E-state index in [0.717, 1.165) is 0 Å². The molecule has 0 bridgehead atoms. The molecular formula is C6H15O5P. The molecule has 0 atom stereocenters. The number of rotatable bonds is 7. The second-order valence-corrected chi connectivity index (χ2v) is 3.73. The van der Waals surface area contributed by atoms with Crippen molar-refractivity contribution in [2.75, 3.05) is 34.0 Å². The van der Waals surface area contributed by atoms with Gasteiger partial charge in [0.1, 0.15) is 0 Å². The van der Waals surface area contributed by atoms with Gasteiger partial charge in [0.15, 0.2) is 0 Å². The molecule has 0 saturated heterocycles. The Morgan fingerprint density at radius 3 is 2.17 bits per heavy atom. The van der Waals surface area contributed by atoms with Gasteiger partial charge < -0.3 is 4.74 Å². The number of ether oxygens (including phenoxy) is 1. The average Bonchev–Trinajstić information content (AvgIpc) is 2.12. The van der Waals surface area contributed by atoms with Crippen molar-refractivity contribution < 1.29 is 22.9 Å². The molecule has 0 amide bonds.